The Morgan fingerprint density at radius 2 is 2.15 bits per heavy atom. The summed E-state index contributed by atoms with van der Waals surface area (Å²) in [5.74, 6) is -0.194. The van der Waals surface area contributed by atoms with E-state index in [0.29, 0.717) is 24.6 Å². The van der Waals surface area contributed by atoms with Crippen LogP contribution in [0.15, 0.2) is 18.3 Å². The van der Waals surface area contributed by atoms with Gasteiger partial charge >= 0.3 is 5.97 Å². The summed E-state index contributed by atoms with van der Waals surface area (Å²) < 4.78 is 4.60. The van der Waals surface area contributed by atoms with E-state index in [9.17, 15) is 9.59 Å². The van der Waals surface area contributed by atoms with E-state index < -0.39 is 0 Å². The second-order valence-corrected chi connectivity index (χ2v) is 5.23. The molecule has 0 saturated carbocycles. The van der Waals surface area contributed by atoms with E-state index in [2.05, 4.69) is 9.72 Å². The van der Waals surface area contributed by atoms with Crippen molar-refractivity contribution < 1.29 is 14.3 Å². The lowest BCUT2D eigenvalue weighted by molar-refractivity contribution is -0.140. The van der Waals surface area contributed by atoms with Gasteiger partial charge in [0, 0.05) is 24.8 Å². The van der Waals surface area contributed by atoms with Gasteiger partial charge in [0.15, 0.2) is 0 Å². The second kappa shape index (κ2) is 7.85. The fourth-order valence-corrected chi connectivity index (χ4v) is 1.94. The molecule has 20 heavy (non-hydrogen) atoms. The number of rotatable bonds is 6. The van der Waals surface area contributed by atoms with Crippen LogP contribution in [0.5, 0.6) is 0 Å². The monoisotopic (exact) mass is 298 g/mol. The van der Waals surface area contributed by atoms with Crippen molar-refractivity contribution in [1.82, 2.24) is 9.88 Å². The van der Waals surface area contributed by atoms with E-state index in [1.54, 1.807) is 11.0 Å². The Morgan fingerprint density at radius 3 is 2.70 bits per heavy atom. The molecule has 0 spiro atoms. The Kier molecular flexibility index (Phi) is 6.45. The molecular formula is C14H19ClN2O3. The Hall–Kier alpha value is -1.62. The summed E-state index contributed by atoms with van der Waals surface area (Å²) in [6, 6.07) is 3.13. The molecule has 6 heteroatoms. The molecule has 1 heterocycles. The molecule has 110 valence electrons. The smallest absolute Gasteiger partial charge is 0.307 e. The van der Waals surface area contributed by atoms with Gasteiger partial charge in [0.2, 0.25) is 0 Å². The van der Waals surface area contributed by atoms with Crippen molar-refractivity contribution >= 4 is 23.5 Å². The molecule has 0 saturated heterocycles. The third-order valence-electron chi connectivity index (χ3n) is 2.66. The van der Waals surface area contributed by atoms with Gasteiger partial charge in [0.05, 0.1) is 13.5 Å². The second-order valence-electron chi connectivity index (χ2n) is 4.84. The summed E-state index contributed by atoms with van der Waals surface area (Å²) in [7, 11) is 1.33. The molecule has 0 fully saturated rings. The number of amides is 1. The Bertz CT molecular complexity index is 477. The number of esters is 1. The minimum atomic E-state index is -0.334. The van der Waals surface area contributed by atoms with Gasteiger partial charge in [-0.1, -0.05) is 25.4 Å². The molecule has 0 radical (unpaired) electrons. The number of nitrogens with zero attached hydrogens (tertiary/aromatic N) is 2. The predicted octanol–water partition coefficient (Wildman–Crippen LogP) is 2.40. The first-order valence-corrected chi connectivity index (χ1v) is 6.79. The summed E-state index contributed by atoms with van der Waals surface area (Å²) >= 11 is 5.79. The highest BCUT2D eigenvalue weighted by Gasteiger charge is 2.18. The van der Waals surface area contributed by atoms with Crippen molar-refractivity contribution in [3.05, 3.63) is 29.0 Å². The number of carbonyl (C=O) groups excluding carboxylic acids is 2. The molecule has 1 aromatic rings. The maximum atomic E-state index is 12.4. The lowest BCUT2D eigenvalue weighted by Crippen LogP contribution is -2.36. The maximum Gasteiger partial charge on any atom is 0.307 e. The predicted molar refractivity (Wildman–Crippen MR) is 76.6 cm³/mol. The summed E-state index contributed by atoms with van der Waals surface area (Å²) in [5.41, 5.74) is 0.468. The fourth-order valence-electron chi connectivity index (χ4n) is 1.76. The molecule has 5 nitrogen and oxygen atoms in total. The zero-order valence-corrected chi connectivity index (χ0v) is 12.7. The Balaban J connectivity index is 2.81. The normalized spacial score (nSPS) is 10.4. The number of pyridine rings is 1. The molecule has 0 atom stereocenters. The molecule has 0 unspecified atom stereocenters. The Labute approximate surface area is 123 Å². The van der Waals surface area contributed by atoms with Gasteiger partial charge in [-0.3, -0.25) is 9.59 Å². The summed E-state index contributed by atoms with van der Waals surface area (Å²) in [4.78, 5) is 29.1. The molecule has 1 aromatic heterocycles. The van der Waals surface area contributed by atoms with Crippen molar-refractivity contribution in [2.75, 3.05) is 20.2 Å². The van der Waals surface area contributed by atoms with E-state index >= 15 is 0 Å². The number of hydrogen-bond donors (Lipinski definition) is 0. The van der Waals surface area contributed by atoms with Crippen LogP contribution in [0.3, 0.4) is 0 Å². The lowest BCUT2D eigenvalue weighted by Gasteiger charge is -2.24. The van der Waals surface area contributed by atoms with E-state index in [1.807, 2.05) is 13.8 Å². The van der Waals surface area contributed by atoms with Crippen LogP contribution in [0.2, 0.25) is 5.15 Å². The van der Waals surface area contributed by atoms with Crippen LogP contribution in [0, 0.1) is 5.92 Å². The third-order valence-corrected chi connectivity index (χ3v) is 2.87. The molecule has 1 rings (SSSR count). The van der Waals surface area contributed by atoms with E-state index in [4.69, 9.17) is 11.6 Å². The van der Waals surface area contributed by atoms with Crippen molar-refractivity contribution in [3.63, 3.8) is 0 Å². The zero-order valence-electron chi connectivity index (χ0n) is 11.9. The highest BCUT2D eigenvalue weighted by Crippen LogP contribution is 2.12. The summed E-state index contributed by atoms with van der Waals surface area (Å²) in [6.45, 7) is 4.91. The Morgan fingerprint density at radius 1 is 1.45 bits per heavy atom. The highest BCUT2D eigenvalue weighted by molar-refractivity contribution is 6.29. The third kappa shape index (κ3) is 5.17. The van der Waals surface area contributed by atoms with Crippen molar-refractivity contribution in [3.8, 4) is 0 Å². The van der Waals surface area contributed by atoms with Crippen LogP contribution >= 0.6 is 11.6 Å². The first kappa shape index (κ1) is 16.4. The van der Waals surface area contributed by atoms with Gasteiger partial charge in [-0.05, 0) is 18.1 Å². The van der Waals surface area contributed by atoms with Crippen LogP contribution in [-0.2, 0) is 9.53 Å². The van der Waals surface area contributed by atoms with E-state index in [-0.39, 0.29) is 23.5 Å². The average molecular weight is 299 g/mol. The molecule has 0 bridgehead atoms. The van der Waals surface area contributed by atoms with Crippen LogP contribution in [0.25, 0.3) is 0 Å². The molecule has 1 amide bonds. The number of methoxy groups -OCH3 is 1. The maximum absolute atomic E-state index is 12.4. The standard InChI is InChI=1S/C14H19ClN2O3/c1-10(2)9-17(7-5-13(18)20-3)14(19)11-4-6-16-12(15)8-11/h4,6,8,10H,5,7,9H2,1-3H3. The van der Waals surface area contributed by atoms with Crippen molar-refractivity contribution in [2.45, 2.75) is 20.3 Å². The number of hydrogen-bond acceptors (Lipinski definition) is 4. The summed E-state index contributed by atoms with van der Waals surface area (Å²) in [6.07, 6.45) is 1.66. The number of carbonyl (C=O) groups is 2. The van der Waals surface area contributed by atoms with Crippen LogP contribution in [0.1, 0.15) is 30.6 Å². The topological polar surface area (TPSA) is 59.5 Å². The summed E-state index contributed by atoms with van der Waals surface area (Å²) in [5, 5.41) is 0.272. The van der Waals surface area contributed by atoms with Crippen LogP contribution in [-0.4, -0.2) is 42.0 Å². The van der Waals surface area contributed by atoms with Crippen LogP contribution in [0.4, 0.5) is 0 Å². The largest absolute Gasteiger partial charge is 0.469 e. The number of halogens is 1. The SMILES string of the molecule is COC(=O)CCN(CC(C)C)C(=O)c1ccnc(Cl)c1. The number of aromatic nitrogens is 1. The molecule has 0 aromatic carbocycles. The van der Waals surface area contributed by atoms with Gasteiger partial charge in [-0.2, -0.15) is 0 Å². The van der Waals surface area contributed by atoms with E-state index in [1.165, 1.54) is 19.4 Å². The molecular weight excluding hydrogens is 280 g/mol. The van der Waals surface area contributed by atoms with Gasteiger partial charge in [-0.25, -0.2) is 4.98 Å². The van der Waals surface area contributed by atoms with Gasteiger partial charge in [-0.15, -0.1) is 0 Å². The molecule has 0 aliphatic carbocycles. The zero-order chi connectivity index (χ0) is 15.1. The minimum Gasteiger partial charge on any atom is -0.469 e. The van der Waals surface area contributed by atoms with Crippen LogP contribution < -0.4 is 0 Å². The molecule has 0 aliphatic rings. The fraction of sp³-hybridized carbons (Fsp3) is 0.500. The highest BCUT2D eigenvalue weighted by atomic mass is 35.5. The average Bonchev–Trinajstić information content (AvgIpc) is 2.41. The minimum absolute atomic E-state index is 0.160. The van der Waals surface area contributed by atoms with E-state index in [0.717, 1.165) is 0 Å². The quantitative estimate of drug-likeness (QED) is 0.598. The first-order valence-electron chi connectivity index (χ1n) is 6.41. The van der Waals surface area contributed by atoms with Gasteiger partial charge in [0.1, 0.15) is 5.15 Å². The lowest BCUT2D eigenvalue weighted by atomic mass is 10.1. The molecule has 0 N–H and O–H groups in total. The first-order chi connectivity index (χ1) is 9.43. The van der Waals surface area contributed by atoms with Crippen molar-refractivity contribution in [1.29, 1.82) is 0 Å². The van der Waals surface area contributed by atoms with Gasteiger partial charge in [0.25, 0.3) is 5.91 Å². The van der Waals surface area contributed by atoms with Gasteiger partial charge < -0.3 is 9.64 Å². The number of ether oxygens (including phenoxy) is 1. The molecule has 0 aliphatic heterocycles. The van der Waals surface area contributed by atoms with Crippen molar-refractivity contribution in [2.24, 2.45) is 5.92 Å².